The molecule has 0 bridgehead atoms. The van der Waals surface area contributed by atoms with Gasteiger partial charge in [0, 0.05) is 43.5 Å². The number of nitrogens with zero attached hydrogens (tertiary/aromatic N) is 3. The molecule has 1 fully saturated rings. The second-order valence-electron chi connectivity index (χ2n) is 8.09. The zero-order valence-corrected chi connectivity index (χ0v) is 18.8. The van der Waals surface area contributed by atoms with Crippen LogP contribution in [0.1, 0.15) is 28.1 Å². The average Bonchev–Trinajstić information content (AvgIpc) is 3.11. The van der Waals surface area contributed by atoms with E-state index in [1.165, 1.54) is 5.56 Å². The predicted octanol–water partition coefficient (Wildman–Crippen LogP) is 3.65. The number of aryl methyl sites for hydroxylation is 1. The average molecular weight is 431 g/mol. The molecule has 0 radical (unpaired) electrons. The van der Waals surface area contributed by atoms with E-state index in [1.54, 1.807) is 6.08 Å². The maximum atomic E-state index is 12.4. The van der Waals surface area contributed by atoms with Crippen molar-refractivity contribution in [2.45, 2.75) is 26.9 Å². The van der Waals surface area contributed by atoms with Crippen molar-refractivity contribution in [1.82, 2.24) is 20.0 Å². The SMILES string of the molecule is Cc1nn(-c2ccccc2)c(C)c1/C=C/C(=O)NCc1ccc(CN2CCOCC2)cc1. The Balaban J connectivity index is 1.32. The second kappa shape index (κ2) is 10.4. The molecule has 2 heterocycles. The van der Waals surface area contributed by atoms with Crippen LogP contribution in [0, 0.1) is 13.8 Å². The Morgan fingerprint density at radius 1 is 1.03 bits per heavy atom. The van der Waals surface area contributed by atoms with Crippen LogP contribution in [0.15, 0.2) is 60.7 Å². The topological polar surface area (TPSA) is 59.4 Å². The van der Waals surface area contributed by atoms with Gasteiger partial charge in [0.1, 0.15) is 0 Å². The second-order valence-corrected chi connectivity index (χ2v) is 8.09. The summed E-state index contributed by atoms with van der Waals surface area (Å²) in [4.78, 5) is 14.8. The van der Waals surface area contributed by atoms with Crippen LogP contribution < -0.4 is 5.32 Å². The molecule has 3 aromatic rings. The van der Waals surface area contributed by atoms with Gasteiger partial charge in [-0.15, -0.1) is 0 Å². The van der Waals surface area contributed by atoms with Gasteiger partial charge in [-0.1, -0.05) is 42.5 Å². The molecule has 1 aliphatic heterocycles. The highest BCUT2D eigenvalue weighted by atomic mass is 16.5. The van der Waals surface area contributed by atoms with Gasteiger partial charge in [-0.05, 0) is 43.2 Å². The Bertz CT molecular complexity index is 1070. The number of carbonyl (C=O) groups is 1. The van der Waals surface area contributed by atoms with Gasteiger partial charge in [-0.25, -0.2) is 4.68 Å². The zero-order chi connectivity index (χ0) is 22.3. The summed E-state index contributed by atoms with van der Waals surface area (Å²) in [5.74, 6) is -0.117. The molecular formula is C26H30N4O2. The van der Waals surface area contributed by atoms with E-state index in [2.05, 4.69) is 39.6 Å². The summed E-state index contributed by atoms with van der Waals surface area (Å²) < 4.78 is 7.31. The van der Waals surface area contributed by atoms with Crippen LogP contribution >= 0.6 is 0 Å². The van der Waals surface area contributed by atoms with Crippen LogP contribution in [-0.4, -0.2) is 46.9 Å². The molecule has 0 saturated carbocycles. The molecule has 0 unspecified atom stereocenters. The lowest BCUT2D eigenvalue weighted by atomic mass is 10.1. The maximum Gasteiger partial charge on any atom is 0.244 e. The molecule has 1 amide bonds. The number of carbonyl (C=O) groups excluding carboxylic acids is 1. The van der Waals surface area contributed by atoms with E-state index in [-0.39, 0.29) is 5.91 Å². The number of amides is 1. The van der Waals surface area contributed by atoms with Crippen molar-refractivity contribution in [3.8, 4) is 5.69 Å². The molecular weight excluding hydrogens is 400 g/mol. The molecule has 1 N–H and O–H groups in total. The van der Waals surface area contributed by atoms with Gasteiger partial charge in [0.15, 0.2) is 0 Å². The number of hydrogen-bond acceptors (Lipinski definition) is 4. The number of aromatic nitrogens is 2. The van der Waals surface area contributed by atoms with Gasteiger partial charge in [-0.2, -0.15) is 5.10 Å². The Kier molecular flexibility index (Phi) is 7.14. The van der Waals surface area contributed by atoms with E-state index in [1.807, 2.05) is 54.9 Å². The highest BCUT2D eigenvalue weighted by Crippen LogP contribution is 2.19. The van der Waals surface area contributed by atoms with Gasteiger partial charge in [0.25, 0.3) is 0 Å². The molecule has 6 heteroatoms. The minimum Gasteiger partial charge on any atom is -0.379 e. The van der Waals surface area contributed by atoms with E-state index >= 15 is 0 Å². The molecule has 32 heavy (non-hydrogen) atoms. The summed E-state index contributed by atoms with van der Waals surface area (Å²) >= 11 is 0. The Labute approximate surface area is 189 Å². The molecule has 166 valence electrons. The minimum absolute atomic E-state index is 0.117. The largest absolute Gasteiger partial charge is 0.379 e. The lowest BCUT2D eigenvalue weighted by Crippen LogP contribution is -2.35. The predicted molar refractivity (Wildman–Crippen MR) is 126 cm³/mol. The Morgan fingerprint density at radius 3 is 2.44 bits per heavy atom. The molecule has 0 aliphatic carbocycles. The van der Waals surface area contributed by atoms with Crippen molar-refractivity contribution in [2.24, 2.45) is 0 Å². The molecule has 1 aromatic heterocycles. The van der Waals surface area contributed by atoms with E-state index < -0.39 is 0 Å². The molecule has 6 nitrogen and oxygen atoms in total. The molecule has 4 rings (SSSR count). The van der Waals surface area contributed by atoms with Crippen LogP contribution in [0.4, 0.5) is 0 Å². The third kappa shape index (κ3) is 5.52. The van der Waals surface area contributed by atoms with Crippen LogP contribution in [-0.2, 0) is 22.6 Å². The number of para-hydroxylation sites is 1. The summed E-state index contributed by atoms with van der Waals surface area (Å²) in [5.41, 5.74) is 6.25. The fourth-order valence-corrected chi connectivity index (χ4v) is 3.90. The minimum atomic E-state index is -0.117. The normalized spacial score (nSPS) is 14.7. The summed E-state index contributed by atoms with van der Waals surface area (Å²) in [6, 6.07) is 18.4. The number of morpholine rings is 1. The summed E-state index contributed by atoms with van der Waals surface area (Å²) in [5, 5.41) is 7.59. The van der Waals surface area contributed by atoms with E-state index in [0.717, 1.165) is 61.1 Å². The fraction of sp³-hybridized carbons (Fsp3) is 0.308. The maximum absolute atomic E-state index is 12.4. The molecule has 1 aliphatic rings. The summed E-state index contributed by atoms with van der Waals surface area (Å²) in [7, 11) is 0. The monoisotopic (exact) mass is 430 g/mol. The van der Waals surface area contributed by atoms with Crippen molar-refractivity contribution in [2.75, 3.05) is 26.3 Å². The van der Waals surface area contributed by atoms with E-state index in [0.29, 0.717) is 6.54 Å². The van der Waals surface area contributed by atoms with Crippen molar-refractivity contribution < 1.29 is 9.53 Å². The van der Waals surface area contributed by atoms with Crippen molar-refractivity contribution >= 4 is 12.0 Å². The summed E-state index contributed by atoms with van der Waals surface area (Å²) in [6.45, 7) is 9.00. The molecule has 0 atom stereocenters. The third-order valence-electron chi connectivity index (χ3n) is 5.75. The first-order chi connectivity index (χ1) is 15.6. The number of benzene rings is 2. The quantitative estimate of drug-likeness (QED) is 0.582. The lowest BCUT2D eigenvalue weighted by Gasteiger charge is -2.26. The van der Waals surface area contributed by atoms with Gasteiger partial charge in [0.05, 0.1) is 24.6 Å². The first-order valence-electron chi connectivity index (χ1n) is 11.1. The van der Waals surface area contributed by atoms with Gasteiger partial charge in [-0.3, -0.25) is 9.69 Å². The number of ether oxygens (including phenoxy) is 1. The van der Waals surface area contributed by atoms with Crippen LogP contribution in [0.25, 0.3) is 11.8 Å². The van der Waals surface area contributed by atoms with Crippen molar-refractivity contribution in [3.05, 3.63) is 88.8 Å². The van der Waals surface area contributed by atoms with Crippen LogP contribution in [0.5, 0.6) is 0 Å². The number of rotatable bonds is 7. The third-order valence-corrected chi connectivity index (χ3v) is 5.75. The Morgan fingerprint density at radius 2 is 1.72 bits per heavy atom. The highest BCUT2D eigenvalue weighted by Gasteiger charge is 2.12. The standard InChI is InChI=1S/C26H30N4O2/c1-20-25(21(2)30(28-20)24-6-4-3-5-7-24)12-13-26(31)27-18-22-8-10-23(11-9-22)19-29-14-16-32-17-15-29/h3-13H,14-19H2,1-2H3,(H,27,31)/b13-12+. The van der Waals surface area contributed by atoms with Crippen molar-refractivity contribution in [1.29, 1.82) is 0 Å². The van der Waals surface area contributed by atoms with Crippen molar-refractivity contribution in [3.63, 3.8) is 0 Å². The molecule has 0 spiro atoms. The molecule has 1 saturated heterocycles. The van der Waals surface area contributed by atoms with Gasteiger partial charge < -0.3 is 10.1 Å². The smallest absolute Gasteiger partial charge is 0.244 e. The zero-order valence-electron chi connectivity index (χ0n) is 18.8. The highest BCUT2D eigenvalue weighted by molar-refractivity contribution is 5.92. The number of hydrogen-bond donors (Lipinski definition) is 1. The van der Waals surface area contributed by atoms with Crippen LogP contribution in [0.2, 0.25) is 0 Å². The first-order valence-corrected chi connectivity index (χ1v) is 11.1. The number of nitrogens with one attached hydrogen (secondary N) is 1. The first kappa shape index (κ1) is 22.0. The van der Waals surface area contributed by atoms with Crippen LogP contribution in [0.3, 0.4) is 0 Å². The lowest BCUT2D eigenvalue weighted by molar-refractivity contribution is -0.116. The Hall–Kier alpha value is -3.22. The summed E-state index contributed by atoms with van der Waals surface area (Å²) in [6.07, 6.45) is 3.43. The van der Waals surface area contributed by atoms with Gasteiger partial charge >= 0.3 is 0 Å². The molecule has 2 aromatic carbocycles. The van der Waals surface area contributed by atoms with E-state index in [4.69, 9.17) is 4.74 Å². The van der Waals surface area contributed by atoms with Gasteiger partial charge in [0.2, 0.25) is 5.91 Å². The fourth-order valence-electron chi connectivity index (χ4n) is 3.90. The van der Waals surface area contributed by atoms with E-state index in [9.17, 15) is 4.79 Å².